The monoisotopic (exact) mass is 240 g/mol. The third kappa shape index (κ3) is 2.67. The maximum Gasteiger partial charge on any atom is 0.0789 e. The zero-order valence-corrected chi connectivity index (χ0v) is 12.0. The van der Waals surface area contributed by atoms with E-state index in [0.717, 1.165) is 13.0 Å². The fourth-order valence-corrected chi connectivity index (χ4v) is 3.51. The summed E-state index contributed by atoms with van der Waals surface area (Å²) in [5.74, 6) is 0.657. The van der Waals surface area contributed by atoms with E-state index in [1.165, 1.54) is 13.0 Å². The fraction of sp³-hybridized carbons (Fsp3) is 1.00. The predicted molar refractivity (Wildman–Crippen MR) is 71.0 cm³/mol. The standard InChI is InChI=1S/C14H28N2O/c1-10-6-7-16(9-11(10)15)12-8-13(2,3)17-14(12,4)5/h10-12H,6-9,15H2,1-5H3. The van der Waals surface area contributed by atoms with Gasteiger partial charge in [-0.2, -0.15) is 0 Å². The number of ether oxygens (including phenoxy) is 1. The zero-order chi connectivity index (χ0) is 12.8. The summed E-state index contributed by atoms with van der Waals surface area (Å²) in [6.07, 6.45) is 2.33. The quantitative estimate of drug-likeness (QED) is 0.762. The van der Waals surface area contributed by atoms with E-state index in [-0.39, 0.29) is 11.2 Å². The van der Waals surface area contributed by atoms with Crippen molar-refractivity contribution < 1.29 is 4.74 Å². The molecule has 0 bridgehead atoms. The van der Waals surface area contributed by atoms with Crippen LogP contribution in [0.5, 0.6) is 0 Å². The Hall–Kier alpha value is -0.120. The molecule has 3 nitrogen and oxygen atoms in total. The summed E-state index contributed by atoms with van der Waals surface area (Å²) in [5.41, 5.74) is 6.16. The molecule has 0 aromatic heterocycles. The Morgan fingerprint density at radius 3 is 2.35 bits per heavy atom. The molecule has 3 unspecified atom stereocenters. The Kier molecular flexibility index (Phi) is 3.30. The topological polar surface area (TPSA) is 38.5 Å². The van der Waals surface area contributed by atoms with Gasteiger partial charge in [-0.15, -0.1) is 0 Å². The van der Waals surface area contributed by atoms with E-state index in [0.29, 0.717) is 18.0 Å². The van der Waals surface area contributed by atoms with Crippen LogP contribution >= 0.6 is 0 Å². The minimum Gasteiger partial charge on any atom is -0.368 e. The van der Waals surface area contributed by atoms with Crippen LogP contribution in [0.3, 0.4) is 0 Å². The summed E-state index contributed by atoms with van der Waals surface area (Å²) in [7, 11) is 0. The van der Waals surface area contributed by atoms with Gasteiger partial charge in [0.2, 0.25) is 0 Å². The fourth-order valence-electron chi connectivity index (χ4n) is 3.51. The van der Waals surface area contributed by atoms with E-state index in [1.807, 2.05) is 0 Å². The molecule has 0 aromatic carbocycles. The molecule has 2 fully saturated rings. The van der Waals surface area contributed by atoms with E-state index >= 15 is 0 Å². The van der Waals surface area contributed by atoms with Gasteiger partial charge in [0, 0.05) is 18.6 Å². The molecule has 2 rings (SSSR count). The number of nitrogens with zero attached hydrogens (tertiary/aromatic N) is 1. The SMILES string of the molecule is CC1CCN(C2CC(C)(C)OC2(C)C)CC1N. The van der Waals surface area contributed by atoms with Crippen molar-refractivity contribution in [3.63, 3.8) is 0 Å². The van der Waals surface area contributed by atoms with Crippen molar-refractivity contribution in [1.82, 2.24) is 4.90 Å². The zero-order valence-electron chi connectivity index (χ0n) is 12.0. The lowest BCUT2D eigenvalue weighted by molar-refractivity contribution is -0.0832. The van der Waals surface area contributed by atoms with Crippen LogP contribution in [0.2, 0.25) is 0 Å². The van der Waals surface area contributed by atoms with Crippen LogP contribution in [0, 0.1) is 5.92 Å². The van der Waals surface area contributed by atoms with Crippen LogP contribution < -0.4 is 5.73 Å². The van der Waals surface area contributed by atoms with Crippen LogP contribution in [0.15, 0.2) is 0 Å². The summed E-state index contributed by atoms with van der Waals surface area (Å²) in [6.45, 7) is 13.3. The highest BCUT2D eigenvalue weighted by Crippen LogP contribution is 2.41. The molecule has 0 aliphatic carbocycles. The summed E-state index contributed by atoms with van der Waals surface area (Å²) in [5, 5.41) is 0. The average molecular weight is 240 g/mol. The molecule has 0 radical (unpaired) electrons. The van der Waals surface area contributed by atoms with E-state index in [9.17, 15) is 0 Å². The highest BCUT2D eigenvalue weighted by molar-refractivity contribution is 5.01. The molecule has 0 aromatic rings. The lowest BCUT2D eigenvalue weighted by Crippen LogP contribution is -2.55. The van der Waals surface area contributed by atoms with Gasteiger partial charge in [-0.1, -0.05) is 6.92 Å². The maximum atomic E-state index is 6.21. The van der Waals surface area contributed by atoms with Crippen LogP contribution in [-0.2, 0) is 4.74 Å². The number of nitrogens with two attached hydrogens (primary N) is 1. The van der Waals surface area contributed by atoms with Crippen molar-refractivity contribution in [2.24, 2.45) is 11.7 Å². The first-order valence-electron chi connectivity index (χ1n) is 6.91. The first-order chi connectivity index (χ1) is 7.71. The molecule has 0 spiro atoms. The molecule has 3 heteroatoms. The Morgan fingerprint density at radius 2 is 1.88 bits per heavy atom. The third-order valence-electron chi connectivity index (χ3n) is 4.52. The van der Waals surface area contributed by atoms with Gasteiger partial charge in [-0.3, -0.25) is 4.90 Å². The van der Waals surface area contributed by atoms with Crippen molar-refractivity contribution in [3.05, 3.63) is 0 Å². The Balaban J connectivity index is 2.08. The molecule has 2 aliphatic rings. The lowest BCUT2D eigenvalue weighted by Gasteiger charge is -2.42. The Labute approximate surface area is 106 Å². The number of hydrogen-bond donors (Lipinski definition) is 1. The number of likely N-dealkylation sites (tertiary alicyclic amines) is 1. The van der Waals surface area contributed by atoms with Crippen molar-refractivity contribution in [3.8, 4) is 0 Å². The van der Waals surface area contributed by atoms with Gasteiger partial charge in [0.05, 0.1) is 11.2 Å². The van der Waals surface area contributed by atoms with Gasteiger partial charge >= 0.3 is 0 Å². The number of piperidine rings is 1. The molecule has 3 atom stereocenters. The molecule has 2 aliphatic heterocycles. The van der Waals surface area contributed by atoms with Crippen molar-refractivity contribution in [2.75, 3.05) is 13.1 Å². The van der Waals surface area contributed by atoms with Crippen LogP contribution in [0.4, 0.5) is 0 Å². The minimum atomic E-state index is -0.0518. The third-order valence-corrected chi connectivity index (χ3v) is 4.52. The summed E-state index contributed by atoms with van der Waals surface area (Å²) in [4.78, 5) is 2.55. The largest absolute Gasteiger partial charge is 0.368 e. The molecule has 2 N–H and O–H groups in total. The van der Waals surface area contributed by atoms with E-state index in [2.05, 4.69) is 39.5 Å². The van der Waals surface area contributed by atoms with Crippen molar-refractivity contribution in [1.29, 1.82) is 0 Å². The van der Waals surface area contributed by atoms with Gasteiger partial charge in [0.1, 0.15) is 0 Å². The molecule has 0 saturated carbocycles. The van der Waals surface area contributed by atoms with Gasteiger partial charge in [0.25, 0.3) is 0 Å². The van der Waals surface area contributed by atoms with Gasteiger partial charge < -0.3 is 10.5 Å². The molecule has 2 saturated heterocycles. The van der Waals surface area contributed by atoms with Crippen molar-refractivity contribution >= 4 is 0 Å². The molecular formula is C14H28N2O. The maximum absolute atomic E-state index is 6.21. The average Bonchev–Trinajstić information content (AvgIpc) is 2.39. The second kappa shape index (κ2) is 4.22. The molecule has 0 amide bonds. The molecule has 17 heavy (non-hydrogen) atoms. The van der Waals surface area contributed by atoms with E-state index in [1.54, 1.807) is 0 Å². The minimum absolute atomic E-state index is 0.00131. The second-order valence-electron chi connectivity index (χ2n) is 7.11. The van der Waals surface area contributed by atoms with Crippen molar-refractivity contribution in [2.45, 2.75) is 70.7 Å². The first-order valence-corrected chi connectivity index (χ1v) is 6.91. The number of hydrogen-bond acceptors (Lipinski definition) is 3. The second-order valence-corrected chi connectivity index (χ2v) is 7.11. The summed E-state index contributed by atoms with van der Waals surface area (Å²) in [6, 6.07) is 0.833. The van der Waals surface area contributed by atoms with Gasteiger partial charge in [0.15, 0.2) is 0 Å². The first kappa shape index (κ1) is 13.3. The highest BCUT2D eigenvalue weighted by Gasteiger charge is 2.49. The molecule has 100 valence electrons. The smallest absolute Gasteiger partial charge is 0.0789 e. The van der Waals surface area contributed by atoms with Crippen LogP contribution in [0.1, 0.15) is 47.5 Å². The summed E-state index contributed by atoms with van der Waals surface area (Å²) >= 11 is 0. The number of rotatable bonds is 1. The Bertz CT molecular complexity index is 288. The Morgan fingerprint density at radius 1 is 1.24 bits per heavy atom. The summed E-state index contributed by atoms with van der Waals surface area (Å²) < 4.78 is 6.18. The lowest BCUT2D eigenvalue weighted by atomic mass is 9.88. The predicted octanol–water partition coefficient (Wildman–Crippen LogP) is 2.00. The van der Waals surface area contributed by atoms with E-state index in [4.69, 9.17) is 10.5 Å². The van der Waals surface area contributed by atoms with Gasteiger partial charge in [-0.25, -0.2) is 0 Å². The van der Waals surface area contributed by atoms with Gasteiger partial charge in [-0.05, 0) is 53.0 Å². The van der Waals surface area contributed by atoms with Crippen LogP contribution in [0.25, 0.3) is 0 Å². The normalized spacial score (nSPS) is 41.6. The molecular weight excluding hydrogens is 212 g/mol. The van der Waals surface area contributed by atoms with Crippen LogP contribution in [-0.4, -0.2) is 41.3 Å². The van der Waals surface area contributed by atoms with E-state index < -0.39 is 0 Å². The molecule has 2 heterocycles. The highest BCUT2D eigenvalue weighted by atomic mass is 16.5.